The summed E-state index contributed by atoms with van der Waals surface area (Å²) in [5.74, 6) is 1.22. The van der Waals surface area contributed by atoms with Gasteiger partial charge in [0.2, 0.25) is 0 Å². The number of hydrogen-bond donors (Lipinski definition) is 1. The van der Waals surface area contributed by atoms with Crippen LogP contribution in [-0.4, -0.2) is 43.2 Å². The summed E-state index contributed by atoms with van der Waals surface area (Å²) in [6.45, 7) is 7.64. The third-order valence-corrected chi connectivity index (χ3v) is 6.37. The van der Waals surface area contributed by atoms with Crippen molar-refractivity contribution in [2.75, 3.05) is 13.1 Å². The molecule has 1 unspecified atom stereocenters. The maximum atomic E-state index is 13.4. The van der Waals surface area contributed by atoms with Crippen molar-refractivity contribution in [1.29, 1.82) is 0 Å². The second-order valence-electron chi connectivity index (χ2n) is 7.94. The van der Waals surface area contributed by atoms with Crippen molar-refractivity contribution in [2.45, 2.75) is 39.5 Å². The molecule has 1 aliphatic rings. The molecule has 1 aliphatic heterocycles. The molecule has 1 aromatic carbocycles. The standard InChI is InChI=1S/C22H27N5OS/c1-14-8-5-6-10-19(14)27-15(2)12-18(16(27)3)21(28)26-11-7-9-17(13-26)20-23-24-22(29)25(20)4/h5-6,8,10,12,17H,7,9,11,13H2,1-4H3,(H,24,29). The first-order valence-corrected chi connectivity index (χ1v) is 10.4. The number of hydrogen-bond acceptors (Lipinski definition) is 3. The lowest BCUT2D eigenvalue weighted by Gasteiger charge is -2.32. The van der Waals surface area contributed by atoms with Gasteiger partial charge in [-0.15, -0.1) is 0 Å². The third-order valence-electron chi connectivity index (χ3n) is 6.01. The summed E-state index contributed by atoms with van der Waals surface area (Å²) in [6, 6.07) is 10.3. The minimum atomic E-state index is 0.0967. The van der Waals surface area contributed by atoms with Gasteiger partial charge >= 0.3 is 0 Å². The van der Waals surface area contributed by atoms with Gasteiger partial charge in [-0.25, -0.2) is 0 Å². The maximum absolute atomic E-state index is 13.4. The Balaban J connectivity index is 1.63. The van der Waals surface area contributed by atoms with Crippen molar-refractivity contribution < 1.29 is 4.79 Å². The SMILES string of the molecule is Cc1ccccc1-n1c(C)cc(C(=O)N2CCCC(c3n[nH]c(=S)n3C)C2)c1C. The zero-order valence-electron chi connectivity index (χ0n) is 17.4. The number of nitrogens with zero attached hydrogens (tertiary/aromatic N) is 4. The molecule has 1 fully saturated rings. The molecule has 0 spiro atoms. The van der Waals surface area contributed by atoms with Crippen LogP contribution in [0.3, 0.4) is 0 Å². The van der Waals surface area contributed by atoms with Crippen molar-refractivity contribution in [3.8, 4) is 5.69 Å². The first kappa shape index (κ1) is 19.6. The predicted molar refractivity (Wildman–Crippen MR) is 116 cm³/mol. The Bertz CT molecular complexity index is 1120. The number of piperidine rings is 1. The normalized spacial score (nSPS) is 17.0. The Morgan fingerprint density at radius 1 is 1.24 bits per heavy atom. The van der Waals surface area contributed by atoms with E-state index in [1.165, 1.54) is 5.56 Å². The van der Waals surface area contributed by atoms with E-state index < -0.39 is 0 Å². The molecule has 4 rings (SSSR count). The van der Waals surface area contributed by atoms with Crippen LogP contribution in [0, 0.1) is 25.5 Å². The highest BCUT2D eigenvalue weighted by atomic mass is 32.1. The molecule has 152 valence electrons. The van der Waals surface area contributed by atoms with Gasteiger partial charge in [0.15, 0.2) is 4.77 Å². The molecule has 1 amide bonds. The van der Waals surface area contributed by atoms with E-state index in [9.17, 15) is 4.79 Å². The zero-order valence-corrected chi connectivity index (χ0v) is 18.2. The van der Waals surface area contributed by atoms with Crippen LogP contribution in [0.25, 0.3) is 5.69 Å². The molecule has 29 heavy (non-hydrogen) atoms. The summed E-state index contributed by atoms with van der Waals surface area (Å²) in [5.41, 5.74) is 5.16. The first-order valence-electron chi connectivity index (χ1n) is 10.0. The number of likely N-dealkylation sites (tertiary alicyclic amines) is 1. The fraction of sp³-hybridized carbons (Fsp3) is 0.409. The second kappa shape index (κ2) is 7.63. The van der Waals surface area contributed by atoms with Crippen LogP contribution in [0.5, 0.6) is 0 Å². The van der Waals surface area contributed by atoms with E-state index in [1.807, 2.05) is 41.6 Å². The van der Waals surface area contributed by atoms with Crippen LogP contribution in [0.15, 0.2) is 30.3 Å². The van der Waals surface area contributed by atoms with E-state index in [1.54, 1.807) is 0 Å². The van der Waals surface area contributed by atoms with Gasteiger partial charge < -0.3 is 14.0 Å². The van der Waals surface area contributed by atoms with Crippen LogP contribution in [0.2, 0.25) is 0 Å². The number of H-pyrrole nitrogens is 1. The number of carbonyl (C=O) groups is 1. The average Bonchev–Trinajstić information content (AvgIpc) is 3.20. The van der Waals surface area contributed by atoms with Crippen molar-refractivity contribution in [2.24, 2.45) is 7.05 Å². The number of aromatic nitrogens is 4. The van der Waals surface area contributed by atoms with Gasteiger partial charge in [0.1, 0.15) is 5.82 Å². The molecule has 3 heterocycles. The highest BCUT2D eigenvalue weighted by Gasteiger charge is 2.30. The first-order chi connectivity index (χ1) is 13.9. The Morgan fingerprint density at radius 2 is 2.00 bits per heavy atom. The number of benzene rings is 1. The van der Waals surface area contributed by atoms with Gasteiger partial charge in [0.25, 0.3) is 5.91 Å². The van der Waals surface area contributed by atoms with Gasteiger partial charge in [-0.05, 0) is 63.5 Å². The predicted octanol–water partition coefficient (Wildman–Crippen LogP) is 4.21. The Labute approximate surface area is 176 Å². The molecule has 1 saturated heterocycles. The maximum Gasteiger partial charge on any atom is 0.255 e. The molecule has 0 radical (unpaired) electrons. The molecule has 3 aromatic rings. The lowest BCUT2D eigenvalue weighted by Crippen LogP contribution is -2.39. The number of carbonyl (C=O) groups excluding carboxylic acids is 1. The molecule has 1 N–H and O–H groups in total. The van der Waals surface area contributed by atoms with Crippen molar-refractivity contribution in [3.05, 3.63) is 63.4 Å². The van der Waals surface area contributed by atoms with Gasteiger partial charge in [0.05, 0.1) is 5.56 Å². The van der Waals surface area contributed by atoms with Crippen LogP contribution < -0.4 is 0 Å². The summed E-state index contributed by atoms with van der Waals surface area (Å²) in [6.07, 6.45) is 1.98. The highest BCUT2D eigenvalue weighted by molar-refractivity contribution is 7.71. The van der Waals surface area contributed by atoms with Gasteiger partial charge in [0, 0.05) is 43.1 Å². The summed E-state index contributed by atoms with van der Waals surface area (Å²) in [4.78, 5) is 15.4. The quantitative estimate of drug-likeness (QED) is 0.659. The van der Waals surface area contributed by atoms with Crippen molar-refractivity contribution >= 4 is 18.1 Å². The zero-order chi connectivity index (χ0) is 20.7. The molecule has 1 atom stereocenters. The Hall–Kier alpha value is -2.67. The lowest BCUT2D eigenvalue weighted by atomic mass is 9.96. The van der Waals surface area contributed by atoms with Crippen molar-refractivity contribution in [3.63, 3.8) is 0 Å². The summed E-state index contributed by atoms with van der Waals surface area (Å²) < 4.78 is 4.71. The molecular formula is C22H27N5OS. The minimum Gasteiger partial charge on any atom is -0.338 e. The molecule has 2 aromatic heterocycles. The molecule has 6 nitrogen and oxygen atoms in total. The van der Waals surface area contributed by atoms with Gasteiger partial charge in [-0.1, -0.05) is 18.2 Å². The summed E-state index contributed by atoms with van der Waals surface area (Å²) in [7, 11) is 1.93. The molecule has 0 saturated carbocycles. The van der Waals surface area contributed by atoms with E-state index in [4.69, 9.17) is 12.2 Å². The monoisotopic (exact) mass is 409 g/mol. The second-order valence-corrected chi connectivity index (χ2v) is 8.33. The number of rotatable bonds is 3. The topological polar surface area (TPSA) is 58.9 Å². The number of para-hydroxylation sites is 1. The number of aryl methyl sites for hydroxylation is 2. The Kier molecular flexibility index (Phi) is 5.17. The number of aromatic amines is 1. The average molecular weight is 410 g/mol. The molecule has 0 bridgehead atoms. The molecule has 7 heteroatoms. The fourth-order valence-corrected chi connectivity index (χ4v) is 4.57. The van der Waals surface area contributed by atoms with Gasteiger partial charge in [-0.2, -0.15) is 5.10 Å². The van der Waals surface area contributed by atoms with E-state index in [0.717, 1.165) is 47.8 Å². The number of amides is 1. The minimum absolute atomic E-state index is 0.0967. The van der Waals surface area contributed by atoms with Gasteiger partial charge in [-0.3, -0.25) is 9.89 Å². The highest BCUT2D eigenvalue weighted by Crippen LogP contribution is 2.29. The van der Waals surface area contributed by atoms with E-state index in [2.05, 4.69) is 40.7 Å². The summed E-state index contributed by atoms with van der Waals surface area (Å²) >= 11 is 5.25. The fourth-order valence-electron chi connectivity index (χ4n) is 4.43. The summed E-state index contributed by atoms with van der Waals surface area (Å²) in [5, 5.41) is 7.26. The van der Waals surface area contributed by atoms with Crippen LogP contribution in [0.4, 0.5) is 0 Å². The largest absolute Gasteiger partial charge is 0.338 e. The molecular weight excluding hydrogens is 382 g/mol. The van der Waals surface area contributed by atoms with Crippen LogP contribution in [-0.2, 0) is 7.05 Å². The van der Waals surface area contributed by atoms with E-state index in [0.29, 0.717) is 11.3 Å². The number of nitrogens with one attached hydrogen (secondary N) is 1. The molecule has 0 aliphatic carbocycles. The van der Waals surface area contributed by atoms with Crippen LogP contribution in [0.1, 0.15) is 51.9 Å². The van der Waals surface area contributed by atoms with Crippen molar-refractivity contribution in [1.82, 2.24) is 24.2 Å². The van der Waals surface area contributed by atoms with Crippen LogP contribution >= 0.6 is 12.2 Å². The third kappa shape index (κ3) is 3.44. The Morgan fingerprint density at radius 3 is 2.69 bits per heavy atom. The smallest absolute Gasteiger partial charge is 0.255 e. The lowest BCUT2D eigenvalue weighted by molar-refractivity contribution is 0.0702. The van der Waals surface area contributed by atoms with E-state index in [-0.39, 0.29) is 11.8 Å². The van der Waals surface area contributed by atoms with E-state index >= 15 is 0 Å².